The maximum absolute atomic E-state index is 13.7. The van der Waals surface area contributed by atoms with E-state index in [-0.39, 0.29) is 11.3 Å². The molecule has 5 rings (SSSR count). The van der Waals surface area contributed by atoms with Crippen LogP contribution in [0, 0.1) is 13.8 Å². The van der Waals surface area contributed by atoms with Crippen LogP contribution in [0.5, 0.6) is 5.75 Å². The van der Waals surface area contributed by atoms with Crippen molar-refractivity contribution in [3.05, 3.63) is 107 Å². The van der Waals surface area contributed by atoms with Crippen LogP contribution in [-0.2, 0) is 4.79 Å². The average molecular weight is 453 g/mol. The van der Waals surface area contributed by atoms with Gasteiger partial charge in [-0.1, -0.05) is 36.4 Å². The molecule has 0 radical (unpaired) electrons. The molecule has 34 heavy (non-hydrogen) atoms. The minimum Gasteiger partial charge on any atom is -0.503 e. The molecule has 3 aromatic carbocycles. The van der Waals surface area contributed by atoms with Gasteiger partial charge < -0.3 is 14.3 Å². The van der Waals surface area contributed by atoms with Crippen LogP contribution in [0.4, 0.5) is 5.69 Å². The van der Waals surface area contributed by atoms with Crippen molar-refractivity contribution in [3.8, 4) is 5.75 Å². The van der Waals surface area contributed by atoms with Gasteiger partial charge in [0.05, 0.1) is 18.7 Å². The van der Waals surface area contributed by atoms with E-state index in [4.69, 9.17) is 9.15 Å². The summed E-state index contributed by atoms with van der Waals surface area (Å²) in [5.74, 6) is -1.04. The fraction of sp³-hybridized carbons (Fsp3) is 0.143. The van der Waals surface area contributed by atoms with E-state index in [1.54, 1.807) is 43.5 Å². The lowest BCUT2D eigenvalue weighted by Gasteiger charge is -2.27. The van der Waals surface area contributed by atoms with Crippen LogP contribution >= 0.6 is 0 Å². The van der Waals surface area contributed by atoms with Crippen LogP contribution in [0.3, 0.4) is 0 Å². The number of ketones is 1. The summed E-state index contributed by atoms with van der Waals surface area (Å²) in [6.45, 7) is 3.88. The maximum atomic E-state index is 13.7. The van der Waals surface area contributed by atoms with Crippen LogP contribution in [0.2, 0.25) is 0 Å². The second kappa shape index (κ2) is 8.23. The monoisotopic (exact) mass is 453 g/mol. The van der Waals surface area contributed by atoms with E-state index in [2.05, 4.69) is 0 Å². The highest BCUT2D eigenvalue weighted by molar-refractivity contribution is 6.20. The zero-order valence-electron chi connectivity index (χ0n) is 19.0. The van der Waals surface area contributed by atoms with E-state index in [1.807, 2.05) is 50.2 Å². The van der Waals surface area contributed by atoms with E-state index in [1.165, 1.54) is 4.90 Å². The molecule has 1 atom stereocenters. The van der Waals surface area contributed by atoms with Gasteiger partial charge in [-0.2, -0.15) is 0 Å². The number of nitrogens with zero attached hydrogens (tertiary/aromatic N) is 1. The summed E-state index contributed by atoms with van der Waals surface area (Å²) in [4.78, 5) is 28.5. The molecule has 2 heterocycles. The number of carbonyl (C=O) groups excluding carboxylic acids is 2. The maximum Gasteiger partial charge on any atom is 0.294 e. The second-order valence-corrected chi connectivity index (χ2v) is 8.44. The molecule has 0 saturated heterocycles. The lowest BCUT2D eigenvalue weighted by molar-refractivity contribution is -0.117. The van der Waals surface area contributed by atoms with Gasteiger partial charge in [0.1, 0.15) is 11.3 Å². The summed E-state index contributed by atoms with van der Waals surface area (Å²) in [5.41, 5.74) is 3.73. The summed E-state index contributed by atoms with van der Waals surface area (Å²) in [7, 11) is 1.57. The molecule has 0 bridgehead atoms. The molecular weight excluding hydrogens is 430 g/mol. The number of amides is 1. The van der Waals surface area contributed by atoms with Gasteiger partial charge in [0.15, 0.2) is 11.5 Å². The van der Waals surface area contributed by atoms with Crippen molar-refractivity contribution in [2.24, 2.45) is 0 Å². The Morgan fingerprint density at radius 2 is 1.65 bits per heavy atom. The van der Waals surface area contributed by atoms with Gasteiger partial charge in [0.25, 0.3) is 5.91 Å². The highest BCUT2D eigenvalue weighted by atomic mass is 16.5. The summed E-state index contributed by atoms with van der Waals surface area (Å²) < 4.78 is 11.1. The van der Waals surface area contributed by atoms with Crippen molar-refractivity contribution in [1.29, 1.82) is 0 Å². The van der Waals surface area contributed by atoms with E-state index < -0.39 is 23.5 Å². The highest BCUT2D eigenvalue weighted by Crippen LogP contribution is 2.43. The number of aryl methyl sites for hydroxylation is 2. The van der Waals surface area contributed by atoms with E-state index in [9.17, 15) is 14.7 Å². The van der Waals surface area contributed by atoms with Crippen LogP contribution < -0.4 is 9.64 Å². The number of ether oxygens (including phenoxy) is 1. The quantitative estimate of drug-likeness (QED) is 0.384. The summed E-state index contributed by atoms with van der Waals surface area (Å²) >= 11 is 0. The Balaban J connectivity index is 1.67. The van der Waals surface area contributed by atoms with Gasteiger partial charge in [0.2, 0.25) is 5.78 Å². The van der Waals surface area contributed by atoms with Crippen molar-refractivity contribution in [1.82, 2.24) is 0 Å². The molecule has 1 N–H and O–H groups in total. The Morgan fingerprint density at radius 1 is 0.971 bits per heavy atom. The number of para-hydroxylation sites is 1. The summed E-state index contributed by atoms with van der Waals surface area (Å²) in [6.07, 6.45) is 0. The SMILES string of the molecule is COc1ccc(C2C(C(=O)c3cc4ccccc4o3)=C(O)C(=O)N2c2cc(C)cc(C)c2)cc1. The molecular formula is C28H23NO5. The lowest BCUT2D eigenvalue weighted by atomic mass is 9.94. The molecule has 6 nitrogen and oxygen atoms in total. The number of anilines is 1. The number of rotatable bonds is 5. The van der Waals surface area contributed by atoms with Crippen LogP contribution in [0.15, 0.2) is 88.5 Å². The van der Waals surface area contributed by atoms with E-state index >= 15 is 0 Å². The smallest absolute Gasteiger partial charge is 0.294 e. The molecule has 0 spiro atoms. The van der Waals surface area contributed by atoms with Crippen LogP contribution in [-0.4, -0.2) is 23.9 Å². The molecule has 1 aliphatic rings. The summed E-state index contributed by atoms with van der Waals surface area (Å²) in [5, 5.41) is 11.7. The number of methoxy groups -OCH3 is 1. The van der Waals surface area contributed by atoms with Crippen molar-refractivity contribution in [2.45, 2.75) is 19.9 Å². The van der Waals surface area contributed by atoms with Crippen molar-refractivity contribution in [3.63, 3.8) is 0 Å². The van der Waals surface area contributed by atoms with Gasteiger partial charge in [-0.3, -0.25) is 14.5 Å². The summed E-state index contributed by atoms with van der Waals surface area (Å²) in [6, 6.07) is 20.9. The predicted octanol–water partition coefficient (Wildman–Crippen LogP) is 5.84. The largest absolute Gasteiger partial charge is 0.503 e. The number of furan rings is 1. The normalized spacial score (nSPS) is 15.9. The number of aliphatic hydroxyl groups excluding tert-OH is 1. The van der Waals surface area contributed by atoms with Crippen molar-refractivity contribution >= 4 is 28.3 Å². The number of Topliss-reactive ketones (excluding diaryl/α,β-unsaturated/α-hetero) is 1. The number of benzene rings is 3. The highest BCUT2D eigenvalue weighted by Gasteiger charge is 2.45. The van der Waals surface area contributed by atoms with Crippen molar-refractivity contribution < 1.29 is 23.8 Å². The topological polar surface area (TPSA) is 80.0 Å². The fourth-order valence-corrected chi connectivity index (χ4v) is 4.52. The van der Waals surface area contributed by atoms with Gasteiger partial charge in [-0.25, -0.2) is 0 Å². The third-order valence-corrected chi connectivity index (χ3v) is 6.02. The molecule has 1 aliphatic heterocycles. The van der Waals surface area contributed by atoms with Crippen molar-refractivity contribution in [2.75, 3.05) is 12.0 Å². The Bertz CT molecular complexity index is 1410. The Kier molecular flexibility index (Phi) is 5.21. The Labute approximate surface area is 196 Å². The first-order valence-electron chi connectivity index (χ1n) is 10.9. The molecule has 4 aromatic rings. The van der Waals surface area contributed by atoms with Crippen LogP contribution in [0.25, 0.3) is 11.0 Å². The van der Waals surface area contributed by atoms with E-state index in [0.29, 0.717) is 22.6 Å². The predicted molar refractivity (Wildman–Crippen MR) is 129 cm³/mol. The molecule has 0 saturated carbocycles. The van der Waals surface area contributed by atoms with Gasteiger partial charge in [-0.15, -0.1) is 0 Å². The number of carbonyl (C=O) groups is 2. The average Bonchev–Trinajstić information content (AvgIpc) is 3.37. The Morgan fingerprint density at radius 3 is 2.29 bits per heavy atom. The van der Waals surface area contributed by atoms with Crippen LogP contribution in [0.1, 0.15) is 33.3 Å². The molecule has 6 heteroatoms. The molecule has 1 amide bonds. The molecule has 0 aliphatic carbocycles. The molecule has 0 fully saturated rings. The zero-order chi connectivity index (χ0) is 24.0. The van der Waals surface area contributed by atoms with Gasteiger partial charge in [0, 0.05) is 11.1 Å². The minimum atomic E-state index is -0.833. The number of hydrogen-bond donors (Lipinski definition) is 1. The molecule has 170 valence electrons. The first-order valence-corrected chi connectivity index (χ1v) is 10.9. The third-order valence-electron chi connectivity index (χ3n) is 6.02. The standard InChI is InChI=1S/C28H23NO5/c1-16-12-17(2)14-20(13-16)29-25(18-8-10-21(33-3)11-9-18)24(27(31)28(29)32)26(30)23-15-19-6-4-5-7-22(19)34-23/h4-15,25,31H,1-3H3. The minimum absolute atomic E-state index is 0.0200. The fourth-order valence-electron chi connectivity index (χ4n) is 4.52. The molecule has 1 aromatic heterocycles. The zero-order valence-corrected chi connectivity index (χ0v) is 19.0. The number of hydrogen-bond acceptors (Lipinski definition) is 5. The first kappa shape index (κ1) is 21.5. The van der Waals surface area contributed by atoms with E-state index in [0.717, 1.165) is 16.5 Å². The van der Waals surface area contributed by atoms with Gasteiger partial charge >= 0.3 is 0 Å². The first-order chi connectivity index (χ1) is 16.4. The molecule has 1 unspecified atom stereocenters. The second-order valence-electron chi connectivity index (χ2n) is 8.44. The number of aliphatic hydroxyl groups is 1. The third kappa shape index (κ3) is 3.53. The lowest BCUT2D eigenvalue weighted by Crippen LogP contribution is -2.31. The van der Waals surface area contributed by atoms with Gasteiger partial charge in [-0.05, 0) is 66.9 Å². The Hall–Kier alpha value is -4.32. The number of fused-ring (bicyclic) bond motifs is 1.